The minimum atomic E-state index is 0.931. The van der Waals surface area contributed by atoms with Crippen LogP contribution in [0.15, 0.2) is 36.9 Å². The SMILES string of the molecule is c1cc2cc(-c3cnn(CCN4CCCC4)c3)cnc2[nH]1. The van der Waals surface area contributed by atoms with E-state index in [0.29, 0.717) is 0 Å². The van der Waals surface area contributed by atoms with Crippen molar-refractivity contribution >= 4 is 11.0 Å². The molecule has 0 saturated carbocycles. The molecule has 3 aromatic rings. The lowest BCUT2D eigenvalue weighted by atomic mass is 10.1. The van der Waals surface area contributed by atoms with Gasteiger partial charge >= 0.3 is 0 Å². The van der Waals surface area contributed by atoms with E-state index in [-0.39, 0.29) is 0 Å². The van der Waals surface area contributed by atoms with Gasteiger partial charge in [-0.2, -0.15) is 5.10 Å². The summed E-state index contributed by atoms with van der Waals surface area (Å²) in [5.74, 6) is 0. The minimum Gasteiger partial charge on any atom is -0.346 e. The molecule has 1 aliphatic heterocycles. The Morgan fingerprint density at radius 3 is 2.90 bits per heavy atom. The monoisotopic (exact) mass is 281 g/mol. The van der Waals surface area contributed by atoms with Crippen molar-refractivity contribution < 1.29 is 0 Å². The van der Waals surface area contributed by atoms with Crippen molar-refractivity contribution in [3.05, 3.63) is 36.9 Å². The number of aromatic nitrogens is 4. The summed E-state index contributed by atoms with van der Waals surface area (Å²) in [6, 6.07) is 4.20. The zero-order chi connectivity index (χ0) is 14.1. The van der Waals surface area contributed by atoms with Crippen molar-refractivity contribution in [2.75, 3.05) is 19.6 Å². The van der Waals surface area contributed by atoms with Gasteiger partial charge < -0.3 is 9.88 Å². The minimum absolute atomic E-state index is 0.931. The van der Waals surface area contributed by atoms with E-state index in [0.717, 1.165) is 35.2 Å². The normalized spacial score (nSPS) is 16.0. The van der Waals surface area contributed by atoms with Crippen molar-refractivity contribution in [1.82, 2.24) is 24.6 Å². The van der Waals surface area contributed by atoms with Gasteiger partial charge in [-0.1, -0.05) is 0 Å². The molecule has 108 valence electrons. The molecule has 1 fully saturated rings. The molecule has 3 aromatic heterocycles. The number of rotatable bonds is 4. The number of H-pyrrole nitrogens is 1. The molecule has 1 aliphatic rings. The van der Waals surface area contributed by atoms with E-state index in [1.807, 2.05) is 29.3 Å². The lowest BCUT2D eigenvalue weighted by Crippen LogP contribution is -2.24. The number of aromatic amines is 1. The molecule has 0 bridgehead atoms. The summed E-state index contributed by atoms with van der Waals surface area (Å²) < 4.78 is 2.04. The number of fused-ring (bicyclic) bond motifs is 1. The zero-order valence-corrected chi connectivity index (χ0v) is 12.0. The summed E-state index contributed by atoms with van der Waals surface area (Å²) in [6.45, 7) is 4.53. The van der Waals surface area contributed by atoms with Gasteiger partial charge in [0.2, 0.25) is 0 Å². The average Bonchev–Trinajstić information content (AvgIpc) is 3.25. The molecule has 0 amide bonds. The first-order valence-electron chi connectivity index (χ1n) is 7.57. The number of nitrogens with zero attached hydrogens (tertiary/aromatic N) is 4. The summed E-state index contributed by atoms with van der Waals surface area (Å²) in [5, 5.41) is 5.61. The van der Waals surface area contributed by atoms with Gasteiger partial charge in [0.05, 0.1) is 12.7 Å². The van der Waals surface area contributed by atoms with E-state index in [1.165, 1.54) is 25.9 Å². The standard InChI is InChI=1S/C16H19N5/c1-2-6-20(5-1)7-8-21-12-15(11-19-21)14-9-13-3-4-17-16(13)18-10-14/h3-4,9-12H,1-2,5-8H2,(H,17,18). The van der Waals surface area contributed by atoms with Crippen molar-refractivity contribution in [3.8, 4) is 11.1 Å². The molecule has 0 aromatic carbocycles. The third-order valence-electron chi connectivity index (χ3n) is 4.21. The second-order valence-electron chi connectivity index (χ2n) is 5.68. The van der Waals surface area contributed by atoms with Gasteiger partial charge in [-0.15, -0.1) is 0 Å². The molecular formula is C16H19N5. The number of hydrogen-bond acceptors (Lipinski definition) is 3. The molecular weight excluding hydrogens is 262 g/mol. The first-order valence-corrected chi connectivity index (χ1v) is 7.57. The highest BCUT2D eigenvalue weighted by atomic mass is 15.3. The van der Waals surface area contributed by atoms with Gasteiger partial charge in [0.15, 0.2) is 0 Å². The molecule has 21 heavy (non-hydrogen) atoms. The Labute approximate surface area is 123 Å². The lowest BCUT2D eigenvalue weighted by molar-refractivity contribution is 0.316. The highest BCUT2D eigenvalue weighted by molar-refractivity contribution is 5.80. The van der Waals surface area contributed by atoms with Gasteiger partial charge in [-0.05, 0) is 38.1 Å². The maximum atomic E-state index is 4.48. The van der Waals surface area contributed by atoms with Crippen LogP contribution < -0.4 is 0 Å². The van der Waals surface area contributed by atoms with E-state index >= 15 is 0 Å². The van der Waals surface area contributed by atoms with Crippen molar-refractivity contribution in [1.29, 1.82) is 0 Å². The maximum Gasteiger partial charge on any atom is 0.137 e. The van der Waals surface area contributed by atoms with Crippen LogP contribution in [0.4, 0.5) is 0 Å². The maximum absolute atomic E-state index is 4.48. The van der Waals surface area contributed by atoms with Gasteiger partial charge in [-0.25, -0.2) is 4.98 Å². The molecule has 4 rings (SSSR count). The number of likely N-dealkylation sites (tertiary alicyclic amines) is 1. The fourth-order valence-corrected chi connectivity index (χ4v) is 2.98. The second-order valence-corrected chi connectivity index (χ2v) is 5.68. The van der Waals surface area contributed by atoms with E-state index < -0.39 is 0 Å². The van der Waals surface area contributed by atoms with Gasteiger partial charge in [0.25, 0.3) is 0 Å². The number of hydrogen-bond donors (Lipinski definition) is 1. The zero-order valence-electron chi connectivity index (χ0n) is 12.0. The van der Waals surface area contributed by atoms with Crippen LogP contribution >= 0.6 is 0 Å². The third-order valence-corrected chi connectivity index (χ3v) is 4.21. The summed E-state index contributed by atoms with van der Waals surface area (Å²) in [6.07, 6.45) is 10.5. The van der Waals surface area contributed by atoms with Crippen LogP contribution in [0.5, 0.6) is 0 Å². The molecule has 5 nitrogen and oxygen atoms in total. The van der Waals surface area contributed by atoms with Crippen LogP contribution in [0.1, 0.15) is 12.8 Å². The number of nitrogens with one attached hydrogen (secondary N) is 1. The highest BCUT2D eigenvalue weighted by Crippen LogP contribution is 2.21. The van der Waals surface area contributed by atoms with E-state index in [2.05, 4.69) is 32.2 Å². The van der Waals surface area contributed by atoms with Crippen molar-refractivity contribution in [3.63, 3.8) is 0 Å². The van der Waals surface area contributed by atoms with Crippen LogP contribution in [-0.2, 0) is 6.54 Å². The largest absolute Gasteiger partial charge is 0.346 e. The Bertz CT molecular complexity index is 736. The molecule has 1 N–H and O–H groups in total. The van der Waals surface area contributed by atoms with Gasteiger partial charge in [0, 0.05) is 41.6 Å². The number of pyridine rings is 1. The van der Waals surface area contributed by atoms with Crippen LogP contribution in [0, 0.1) is 0 Å². The predicted molar refractivity (Wildman–Crippen MR) is 83.0 cm³/mol. The Hall–Kier alpha value is -2.14. The van der Waals surface area contributed by atoms with Crippen molar-refractivity contribution in [2.24, 2.45) is 0 Å². The van der Waals surface area contributed by atoms with Gasteiger partial charge in [0.1, 0.15) is 5.65 Å². The lowest BCUT2D eigenvalue weighted by Gasteiger charge is -2.13. The second kappa shape index (κ2) is 5.33. The van der Waals surface area contributed by atoms with E-state index in [4.69, 9.17) is 0 Å². The van der Waals surface area contributed by atoms with Crippen LogP contribution in [0.25, 0.3) is 22.2 Å². The molecule has 0 aliphatic carbocycles. The topological polar surface area (TPSA) is 49.7 Å². The Balaban J connectivity index is 1.50. The molecule has 1 saturated heterocycles. The summed E-state index contributed by atoms with van der Waals surface area (Å²) in [7, 11) is 0. The molecule has 0 radical (unpaired) electrons. The molecule has 0 atom stereocenters. The van der Waals surface area contributed by atoms with Gasteiger partial charge in [-0.3, -0.25) is 4.68 Å². The predicted octanol–water partition coefficient (Wildman–Crippen LogP) is 2.52. The highest BCUT2D eigenvalue weighted by Gasteiger charge is 2.11. The summed E-state index contributed by atoms with van der Waals surface area (Å²) in [5.41, 5.74) is 3.18. The Kier molecular flexibility index (Phi) is 3.20. The van der Waals surface area contributed by atoms with Crippen LogP contribution in [0.2, 0.25) is 0 Å². The molecule has 4 heterocycles. The Morgan fingerprint density at radius 2 is 2.00 bits per heavy atom. The first-order chi connectivity index (χ1) is 10.4. The summed E-state index contributed by atoms with van der Waals surface area (Å²) >= 11 is 0. The first kappa shape index (κ1) is 12.6. The molecule has 5 heteroatoms. The van der Waals surface area contributed by atoms with Crippen LogP contribution in [-0.4, -0.2) is 44.3 Å². The quantitative estimate of drug-likeness (QED) is 0.799. The average molecular weight is 281 g/mol. The van der Waals surface area contributed by atoms with E-state index in [9.17, 15) is 0 Å². The molecule has 0 unspecified atom stereocenters. The Morgan fingerprint density at radius 1 is 1.10 bits per heavy atom. The summed E-state index contributed by atoms with van der Waals surface area (Å²) in [4.78, 5) is 10.1. The smallest absolute Gasteiger partial charge is 0.137 e. The van der Waals surface area contributed by atoms with Crippen molar-refractivity contribution in [2.45, 2.75) is 19.4 Å². The molecule has 0 spiro atoms. The fraction of sp³-hybridized carbons (Fsp3) is 0.375. The third kappa shape index (κ3) is 2.56. The fourth-order valence-electron chi connectivity index (χ4n) is 2.98. The van der Waals surface area contributed by atoms with E-state index in [1.54, 1.807) is 0 Å². The van der Waals surface area contributed by atoms with Crippen LogP contribution in [0.3, 0.4) is 0 Å².